The van der Waals surface area contributed by atoms with E-state index in [2.05, 4.69) is 0 Å². The zero-order valence-corrected chi connectivity index (χ0v) is 9.68. The Morgan fingerprint density at radius 1 is 1.21 bits per heavy atom. The van der Waals surface area contributed by atoms with Crippen LogP contribution in [0.25, 0.3) is 0 Å². The molecule has 0 heterocycles. The standard InChI is InChI=1S/C11H11F6NO/c1-2-5-18(6-7-3-4-7)9(19)8(10(12,13)14)11(15,16)17/h1,7-8H,3-6H2. The summed E-state index contributed by atoms with van der Waals surface area (Å²) in [4.78, 5) is 11.9. The SMILES string of the molecule is C#CCN(CC1CC1)C(=O)C(C(F)(F)F)C(F)(F)F. The zero-order valence-electron chi connectivity index (χ0n) is 9.68. The smallest absolute Gasteiger partial charge is 0.330 e. The molecule has 19 heavy (non-hydrogen) atoms. The Balaban J connectivity index is 2.92. The molecule has 0 spiro atoms. The van der Waals surface area contributed by atoms with Crippen LogP contribution in [0.4, 0.5) is 26.3 Å². The number of hydrogen-bond donors (Lipinski definition) is 0. The molecule has 1 saturated carbocycles. The molecule has 0 bridgehead atoms. The van der Waals surface area contributed by atoms with Gasteiger partial charge in [-0.2, -0.15) is 26.3 Å². The van der Waals surface area contributed by atoms with Crippen LogP contribution in [0.15, 0.2) is 0 Å². The minimum atomic E-state index is -5.67. The molecular weight excluding hydrogens is 276 g/mol. The average Bonchev–Trinajstić information content (AvgIpc) is 2.96. The van der Waals surface area contributed by atoms with E-state index in [4.69, 9.17) is 6.42 Å². The summed E-state index contributed by atoms with van der Waals surface area (Å²) in [7, 11) is 0. The molecule has 0 aromatic rings. The van der Waals surface area contributed by atoms with Crippen molar-refractivity contribution in [1.82, 2.24) is 4.90 Å². The van der Waals surface area contributed by atoms with Gasteiger partial charge < -0.3 is 4.90 Å². The van der Waals surface area contributed by atoms with Crippen molar-refractivity contribution in [2.45, 2.75) is 25.2 Å². The molecule has 1 aliphatic rings. The Labute approximate surface area is 105 Å². The molecule has 8 heteroatoms. The Bertz CT molecular complexity index is 362. The lowest BCUT2D eigenvalue weighted by Crippen LogP contribution is -2.50. The van der Waals surface area contributed by atoms with E-state index in [1.165, 1.54) is 0 Å². The number of terminal acetylenes is 1. The first-order valence-corrected chi connectivity index (χ1v) is 5.43. The van der Waals surface area contributed by atoms with Crippen LogP contribution in [-0.4, -0.2) is 36.2 Å². The van der Waals surface area contributed by atoms with Crippen LogP contribution >= 0.6 is 0 Å². The van der Waals surface area contributed by atoms with Crippen LogP contribution in [0.3, 0.4) is 0 Å². The van der Waals surface area contributed by atoms with Gasteiger partial charge in [-0.3, -0.25) is 4.79 Å². The third kappa shape index (κ3) is 4.33. The van der Waals surface area contributed by atoms with Crippen molar-refractivity contribution < 1.29 is 31.1 Å². The van der Waals surface area contributed by atoms with E-state index in [0.29, 0.717) is 17.7 Å². The summed E-state index contributed by atoms with van der Waals surface area (Å²) in [5, 5.41) is 0. The number of nitrogens with zero attached hydrogens (tertiary/aromatic N) is 1. The minimum Gasteiger partial charge on any atom is -0.330 e. The highest BCUT2D eigenvalue weighted by Crippen LogP contribution is 2.41. The van der Waals surface area contributed by atoms with Gasteiger partial charge in [-0.15, -0.1) is 6.42 Å². The van der Waals surface area contributed by atoms with Gasteiger partial charge in [-0.05, 0) is 18.8 Å². The van der Waals surface area contributed by atoms with Crippen molar-refractivity contribution in [3.8, 4) is 12.3 Å². The largest absolute Gasteiger partial charge is 0.409 e. The molecular formula is C11H11F6NO. The van der Waals surface area contributed by atoms with Gasteiger partial charge >= 0.3 is 12.4 Å². The predicted molar refractivity (Wildman–Crippen MR) is 53.7 cm³/mol. The summed E-state index contributed by atoms with van der Waals surface area (Å²) < 4.78 is 74.4. The lowest BCUT2D eigenvalue weighted by atomic mass is 10.1. The van der Waals surface area contributed by atoms with E-state index in [0.717, 1.165) is 0 Å². The average molecular weight is 287 g/mol. The zero-order chi connectivity index (χ0) is 14.8. The van der Waals surface area contributed by atoms with Crippen molar-refractivity contribution in [2.24, 2.45) is 11.8 Å². The van der Waals surface area contributed by atoms with Crippen molar-refractivity contribution in [3.63, 3.8) is 0 Å². The van der Waals surface area contributed by atoms with Gasteiger partial charge in [-0.25, -0.2) is 0 Å². The molecule has 0 aromatic heterocycles. The van der Waals surface area contributed by atoms with Gasteiger partial charge in [0.25, 0.3) is 0 Å². The number of amides is 1. The highest BCUT2D eigenvalue weighted by molar-refractivity contribution is 5.80. The van der Waals surface area contributed by atoms with Gasteiger partial charge in [0, 0.05) is 6.54 Å². The lowest BCUT2D eigenvalue weighted by Gasteiger charge is -2.28. The van der Waals surface area contributed by atoms with Gasteiger partial charge in [-0.1, -0.05) is 5.92 Å². The quantitative estimate of drug-likeness (QED) is 0.575. The van der Waals surface area contributed by atoms with E-state index >= 15 is 0 Å². The molecule has 0 saturated heterocycles. The van der Waals surface area contributed by atoms with Gasteiger partial charge in [0.05, 0.1) is 6.54 Å². The molecule has 0 N–H and O–H groups in total. The molecule has 2 nitrogen and oxygen atoms in total. The van der Waals surface area contributed by atoms with Crippen molar-refractivity contribution in [3.05, 3.63) is 0 Å². The van der Waals surface area contributed by atoms with Crippen LogP contribution in [0.1, 0.15) is 12.8 Å². The number of halogens is 6. The maximum atomic E-state index is 12.4. The van der Waals surface area contributed by atoms with Crippen LogP contribution in [0, 0.1) is 24.2 Å². The topological polar surface area (TPSA) is 20.3 Å². The molecule has 1 fully saturated rings. The summed E-state index contributed by atoms with van der Waals surface area (Å²) in [6.45, 7) is -0.719. The van der Waals surface area contributed by atoms with E-state index < -0.39 is 30.7 Å². The number of carbonyl (C=O) groups is 1. The van der Waals surface area contributed by atoms with E-state index in [9.17, 15) is 31.1 Å². The Morgan fingerprint density at radius 3 is 2.00 bits per heavy atom. The third-order valence-corrected chi connectivity index (χ3v) is 2.67. The van der Waals surface area contributed by atoms with Crippen LogP contribution in [0.5, 0.6) is 0 Å². The molecule has 0 radical (unpaired) electrons. The van der Waals surface area contributed by atoms with E-state index in [-0.39, 0.29) is 12.5 Å². The summed E-state index contributed by atoms with van der Waals surface area (Å²) in [6.07, 6.45) is -5.12. The first-order valence-electron chi connectivity index (χ1n) is 5.43. The maximum Gasteiger partial charge on any atom is 0.409 e. The fraction of sp³-hybridized carbons (Fsp3) is 0.727. The molecule has 1 amide bonds. The van der Waals surface area contributed by atoms with Crippen LogP contribution < -0.4 is 0 Å². The van der Waals surface area contributed by atoms with Crippen molar-refractivity contribution in [2.75, 3.05) is 13.1 Å². The monoisotopic (exact) mass is 287 g/mol. The first-order chi connectivity index (χ1) is 8.57. The fourth-order valence-electron chi connectivity index (χ4n) is 1.60. The predicted octanol–water partition coefficient (Wildman–Crippen LogP) is 2.60. The second-order valence-electron chi connectivity index (χ2n) is 4.38. The lowest BCUT2D eigenvalue weighted by molar-refractivity contribution is -0.277. The van der Waals surface area contributed by atoms with Crippen LogP contribution in [-0.2, 0) is 4.79 Å². The number of carbonyl (C=O) groups excluding carboxylic acids is 1. The molecule has 0 unspecified atom stereocenters. The first kappa shape index (κ1) is 15.7. The third-order valence-electron chi connectivity index (χ3n) is 2.67. The van der Waals surface area contributed by atoms with E-state index in [1.54, 1.807) is 0 Å². The molecule has 0 aliphatic heterocycles. The van der Waals surface area contributed by atoms with Crippen LogP contribution in [0.2, 0.25) is 0 Å². The fourth-order valence-corrected chi connectivity index (χ4v) is 1.60. The van der Waals surface area contributed by atoms with Gasteiger partial charge in [0.15, 0.2) is 0 Å². The Morgan fingerprint density at radius 2 is 1.68 bits per heavy atom. The summed E-state index contributed by atoms with van der Waals surface area (Å²) in [5.41, 5.74) is 0. The minimum absolute atomic E-state index is 0.0561. The highest BCUT2D eigenvalue weighted by Gasteiger charge is 2.62. The molecule has 108 valence electrons. The number of hydrogen-bond acceptors (Lipinski definition) is 1. The summed E-state index contributed by atoms with van der Waals surface area (Å²) >= 11 is 0. The second-order valence-corrected chi connectivity index (χ2v) is 4.38. The Kier molecular flexibility index (Phi) is 4.38. The second kappa shape index (κ2) is 5.31. The molecule has 1 rings (SSSR count). The van der Waals surface area contributed by atoms with Gasteiger partial charge in [0.1, 0.15) is 0 Å². The highest BCUT2D eigenvalue weighted by atomic mass is 19.4. The normalized spacial score (nSPS) is 16.3. The number of alkyl halides is 6. The van der Waals surface area contributed by atoms with Gasteiger partial charge in [0.2, 0.25) is 11.8 Å². The molecule has 0 atom stereocenters. The summed E-state index contributed by atoms with van der Waals surface area (Å²) in [5.74, 6) is -4.18. The van der Waals surface area contributed by atoms with Crippen molar-refractivity contribution in [1.29, 1.82) is 0 Å². The maximum absolute atomic E-state index is 12.4. The molecule has 0 aromatic carbocycles. The molecule has 1 aliphatic carbocycles. The summed E-state index contributed by atoms with van der Waals surface area (Å²) in [6, 6.07) is 0. The van der Waals surface area contributed by atoms with E-state index in [1.807, 2.05) is 5.92 Å². The van der Waals surface area contributed by atoms with Crippen molar-refractivity contribution >= 4 is 5.91 Å². The Hall–Kier alpha value is -1.39. The number of rotatable bonds is 4.